The summed E-state index contributed by atoms with van der Waals surface area (Å²) >= 11 is 0. The molecule has 0 amide bonds. The molecule has 1 aliphatic carbocycles. The number of hydrogen-bond donors (Lipinski definition) is 1. The summed E-state index contributed by atoms with van der Waals surface area (Å²) in [6.07, 6.45) is 7.04. The number of carboxylic acid groups (broad SMARTS) is 1. The zero-order chi connectivity index (χ0) is 18.9. The zero-order valence-corrected chi connectivity index (χ0v) is 15.9. The molecule has 0 spiro atoms. The van der Waals surface area contributed by atoms with E-state index in [-0.39, 0.29) is 18.4 Å². The van der Waals surface area contributed by atoms with Gasteiger partial charge in [0.25, 0.3) is 0 Å². The van der Waals surface area contributed by atoms with Crippen LogP contribution in [-0.4, -0.2) is 45.5 Å². The van der Waals surface area contributed by atoms with Crippen LogP contribution in [0.25, 0.3) is 0 Å². The van der Waals surface area contributed by atoms with Crippen molar-refractivity contribution >= 4 is 18.6 Å². The first kappa shape index (κ1) is 19.1. The van der Waals surface area contributed by atoms with Crippen molar-refractivity contribution in [3.05, 3.63) is 12.4 Å². The lowest BCUT2D eigenvalue weighted by molar-refractivity contribution is -0.138. The van der Waals surface area contributed by atoms with Gasteiger partial charge in [0.2, 0.25) is 0 Å². The van der Waals surface area contributed by atoms with Gasteiger partial charge in [0.15, 0.2) is 0 Å². The second kappa shape index (κ2) is 7.16. The summed E-state index contributed by atoms with van der Waals surface area (Å²) in [5.41, 5.74) is -0.0378. The molecule has 1 aromatic rings. The Morgan fingerprint density at radius 3 is 2.19 bits per heavy atom. The SMILES string of the molecule is CC1(C)OB(c2cnc(O[C@H]3CC[C@@H](CC(=O)O)CC3)nc2)OC1(C)C. The van der Waals surface area contributed by atoms with Crippen molar-refractivity contribution in [3.8, 4) is 6.01 Å². The largest absolute Gasteiger partial charge is 0.498 e. The Hall–Kier alpha value is -1.67. The lowest BCUT2D eigenvalue weighted by Crippen LogP contribution is -2.41. The molecule has 142 valence electrons. The maximum Gasteiger partial charge on any atom is 0.498 e. The number of hydrogen-bond acceptors (Lipinski definition) is 6. The Morgan fingerprint density at radius 2 is 1.69 bits per heavy atom. The van der Waals surface area contributed by atoms with Crippen LogP contribution in [0.5, 0.6) is 6.01 Å². The van der Waals surface area contributed by atoms with E-state index in [1.54, 1.807) is 12.4 Å². The maximum atomic E-state index is 10.8. The fourth-order valence-corrected chi connectivity index (χ4v) is 3.34. The molecule has 0 radical (unpaired) electrons. The lowest BCUT2D eigenvalue weighted by Gasteiger charge is -2.32. The molecule has 3 rings (SSSR count). The van der Waals surface area contributed by atoms with Crippen LogP contribution < -0.4 is 10.2 Å². The van der Waals surface area contributed by atoms with Crippen molar-refractivity contribution in [2.75, 3.05) is 0 Å². The van der Waals surface area contributed by atoms with Crippen LogP contribution in [0.1, 0.15) is 59.8 Å². The molecule has 0 bridgehead atoms. The third kappa shape index (κ3) is 4.18. The van der Waals surface area contributed by atoms with Crippen LogP contribution in [0.4, 0.5) is 0 Å². The summed E-state index contributed by atoms with van der Waals surface area (Å²) in [5.74, 6) is -0.477. The minimum Gasteiger partial charge on any atom is -0.481 e. The highest BCUT2D eigenvalue weighted by molar-refractivity contribution is 6.61. The van der Waals surface area contributed by atoms with E-state index in [1.165, 1.54) is 0 Å². The van der Waals surface area contributed by atoms with Gasteiger partial charge in [-0.1, -0.05) is 0 Å². The van der Waals surface area contributed by atoms with Crippen LogP contribution in [-0.2, 0) is 14.1 Å². The number of rotatable bonds is 5. The molecule has 0 atom stereocenters. The molecule has 1 N–H and O–H groups in total. The summed E-state index contributed by atoms with van der Waals surface area (Å²) in [6.45, 7) is 8.02. The minimum atomic E-state index is -0.726. The molecule has 7 nitrogen and oxygen atoms in total. The van der Waals surface area contributed by atoms with E-state index in [2.05, 4.69) is 9.97 Å². The third-order valence-corrected chi connectivity index (χ3v) is 5.70. The molecule has 2 fully saturated rings. The molecule has 2 aliphatic rings. The predicted molar refractivity (Wildman–Crippen MR) is 96.4 cm³/mol. The van der Waals surface area contributed by atoms with E-state index in [4.69, 9.17) is 19.2 Å². The summed E-state index contributed by atoms with van der Waals surface area (Å²) < 4.78 is 17.8. The highest BCUT2D eigenvalue weighted by atomic mass is 16.7. The van der Waals surface area contributed by atoms with Crippen molar-refractivity contribution in [2.24, 2.45) is 5.92 Å². The first-order valence-electron chi connectivity index (χ1n) is 9.22. The number of nitrogens with zero attached hydrogens (tertiary/aromatic N) is 2. The standard InChI is InChI=1S/C18H27BN2O5/c1-17(2)18(3,4)26-19(25-17)13-10-20-16(21-11-13)24-14-7-5-12(6-8-14)9-15(22)23/h10-12,14H,5-9H2,1-4H3,(H,22,23)/t12-,14+. The quantitative estimate of drug-likeness (QED) is 0.803. The molecule has 0 unspecified atom stereocenters. The Labute approximate surface area is 154 Å². The highest BCUT2D eigenvalue weighted by Gasteiger charge is 2.52. The number of aromatic nitrogens is 2. The Balaban J connectivity index is 1.54. The smallest absolute Gasteiger partial charge is 0.481 e. The molecule has 1 aliphatic heterocycles. The average molecular weight is 362 g/mol. The van der Waals surface area contributed by atoms with Gasteiger partial charge < -0.3 is 19.2 Å². The van der Waals surface area contributed by atoms with Gasteiger partial charge in [-0.05, 0) is 59.3 Å². The monoisotopic (exact) mass is 362 g/mol. The fraction of sp³-hybridized carbons (Fsp3) is 0.722. The Morgan fingerprint density at radius 1 is 1.15 bits per heavy atom. The summed E-state index contributed by atoms with van der Waals surface area (Å²) in [5, 5.41) is 8.88. The van der Waals surface area contributed by atoms with Crippen molar-refractivity contribution in [1.82, 2.24) is 9.97 Å². The predicted octanol–water partition coefficient (Wildman–Crippen LogP) is 2.19. The number of aliphatic carboxylic acids is 1. The molecule has 8 heteroatoms. The van der Waals surface area contributed by atoms with E-state index in [1.807, 2.05) is 27.7 Å². The zero-order valence-electron chi connectivity index (χ0n) is 15.9. The summed E-state index contributed by atoms with van der Waals surface area (Å²) in [7, 11) is -0.486. The van der Waals surface area contributed by atoms with Gasteiger partial charge in [-0.2, -0.15) is 0 Å². The fourth-order valence-electron chi connectivity index (χ4n) is 3.34. The van der Waals surface area contributed by atoms with Crippen molar-refractivity contribution in [1.29, 1.82) is 0 Å². The van der Waals surface area contributed by atoms with Gasteiger partial charge >= 0.3 is 19.1 Å². The molecule has 1 saturated carbocycles. The van der Waals surface area contributed by atoms with Gasteiger partial charge in [-0.25, -0.2) is 9.97 Å². The third-order valence-electron chi connectivity index (χ3n) is 5.70. The van der Waals surface area contributed by atoms with Crippen LogP contribution in [0, 0.1) is 5.92 Å². The van der Waals surface area contributed by atoms with Gasteiger partial charge in [0.1, 0.15) is 6.10 Å². The molecule has 2 heterocycles. The summed E-state index contributed by atoms with van der Waals surface area (Å²) in [6, 6.07) is 0.340. The second-order valence-corrected chi connectivity index (χ2v) is 8.25. The van der Waals surface area contributed by atoms with E-state index in [0.29, 0.717) is 6.01 Å². The van der Waals surface area contributed by atoms with E-state index >= 15 is 0 Å². The van der Waals surface area contributed by atoms with Crippen LogP contribution >= 0.6 is 0 Å². The van der Waals surface area contributed by atoms with E-state index < -0.39 is 24.3 Å². The minimum absolute atomic E-state index is 0.0442. The molecular weight excluding hydrogens is 335 g/mol. The van der Waals surface area contributed by atoms with Crippen LogP contribution in [0.15, 0.2) is 12.4 Å². The first-order valence-corrected chi connectivity index (χ1v) is 9.22. The molecular formula is C18H27BN2O5. The molecule has 1 saturated heterocycles. The normalized spacial score (nSPS) is 27.3. The van der Waals surface area contributed by atoms with Crippen LogP contribution in [0.3, 0.4) is 0 Å². The Kier molecular flexibility index (Phi) is 5.26. The molecule has 26 heavy (non-hydrogen) atoms. The summed E-state index contributed by atoms with van der Waals surface area (Å²) in [4.78, 5) is 19.4. The van der Waals surface area contributed by atoms with E-state index in [9.17, 15) is 4.79 Å². The Bertz CT molecular complexity index is 625. The topological polar surface area (TPSA) is 90.8 Å². The number of carbonyl (C=O) groups is 1. The van der Waals surface area contributed by atoms with Crippen LogP contribution in [0.2, 0.25) is 0 Å². The van der Waals surface area contributed by atoms with Gasteiger partial charge in [0, 0.05) is 24.3 Å². The van der Waals surface area contributed by atoms with Crippen molar-refractivity contribution < 1.29 is 23.9 Å². The second-order valence-electron chi connectivity index (χ2n) is 8.25. The average Bonchev–Trinajstić information content (AvgIpc) is 2.77. The molecule has 0 aromatic carbocycles. The van der Waals surface area contributed by atoms with Crippen molar-refractivity contribution in [2.45, 2.75) is 77.1 Å². The van der Waals surface area contributed by atoms with Gasteiger partial charge in [-0.15, -0.1) is 0 Å². The van der Waals surface area contributed by atoms with E-state index in [0.717, 1.165) is 31.1 Å². The lowest BCUT2D eigenvalue weighted by atomic mass is 9.81. The van der Waals surface area contributed by atoms with Gasteiger partial charge in [0.05, 0.1) is 11.2 Å². The highest BCUT2D eigenvalue weighted by Crippen LogP contribution is 2.36. The van der Waals surface area contributed by atoms with Gasteiger partial charge in [-0.3, -0.25) is 4.79 Å². The maximum absolute atomic E-state index is 10.8. The first-order chi connectivity index (χ1) is 12.2. The van der Waals surface area contributed by atoms with Crippen molar-refractivity contribution in [3.63, 3.8) is 0 Å². The molecule has 1 aromatic heterocycles. The number of carboxylic acids is 1. The number of ether oxygens (including phenoxy) is 1.